The summed E-state index contributed by atoms with van der Waals surface area (Å²) in [6, 6.07) is 3.98. The largest absolute Gasteiger partial charge is 0.359 e. The average molecular weight is 271 g/mol. The van der Waals surface area contributed by atoms with Gasteiger partial charge in [0.05, 0.1) is 5.75 Å². The van der Waals surface area contributed by atoms with Gasteiger partial charge in [0.1, 0.15) is 15.7 Å². The fourth-order valence-electron chi connectivity index (χ4n) is 1.55. The summed E-state index contributed by atoms with van der Waals surface area (Å²) in [6.07, 6.45) is 3.82. The van der Waals surface area contributed by atoms with E-state index >= 15 is 0 Å². The topological polar surface area (TPSA) is 76.3 Å². The Morgan fingerprint density at radius 3 is 2.56 bits per heavy atom. The summed E-state index contributed by atoms with van der Waals surface area (Å²) in [5, 5.41) is 0. The molecule has 0 aliphatic rings. The predicted octanol–water partition coefficient (Wildman–Crippen LogP) is 0.452. The lowest BCUT2D eigenvalue weighted by Gasteiger charge is -2.17. The van der Waals surface area contributed by atoms with E-state index in [1.165, 1.54) is 6.26 Å². The van der Waals surface area contributed by atoms with Gasteiger partial charge in [0.25, 0.3) is 0 Å². The summed E-state index contributed by atoms with van der Waals surface area (Å²) in [4.78, 5) is 6.14. The smallest absolute Gasteiger partial charge is 0.149 e. The van der Waals surface area contributed by atoms with Gasteiger partial charge in [0.15, 0.2) is 0 Å². The minimum Gasteiger partial charge on any atom is -0.359 e. The molecule has 5 nitrogen and oxygen atoms in total. The lowest BCUT2D eigenvalue weighted by molar-refractivity contribution is 0.601. The summed E-state index contributed by atoms with van der Waals surface area (Å²) in [5.74, 6) is 0.902. The van der Waals surface area contributed by atoms with E-state index in [2.05, 4.69) is 4.98 Å². The van der Waals surface area contributed by atoms with Crippen LogP contribution < -0.4 is 10.6 Å². The van der Waals surface area contributed by atoms with E-state index in [0.717, 1.165) is 17.8 Å². The molecule has 0 aliphatic carbocycles. The first-order valence-electron chi connectivity index (χ1n) is 5.87. The highest BCUT2D eigenvalue weighted by Crippen LogP contribution is 2.10. The molecule has 0 fully saturated rings. The maximum Gasteiger partial charge on any atom is 0.149 e. The number of sulfone groups is 1. The number of hydrogen-bond acceptors (Lipinski definition) is 5. The van der Waals surface area contributed by atoms with E-state index in [1.54, 1.807) is 6.20 Å². The van der Waals surface area contributed by atoms with Crippen molar-refractivity contribution in [3.8, 4) is 0 Å². The molecule has 1 heterocycles. The highest BCUT2D eigenvalue weighted by molar-refractivity contribution is 7.90. The van der Waals surface area contributed by atoms with E-state index in [4.69, 9.17) is 5.73 Å². The first-order chi connectivity index (χ1) is 8.28. The van der Waals surface area contributed by atoms with E-state index in [1.807, 2.05) is 31.0 Å². The molecular weight excluding hydrogens is 250 g/mol. The van der Waals surface area contributed by atoms with Crippen LogP contribution in [0.4, 0.5) is 5.82 Å². The quantitative estimate of drug-likeness (QED) is 0.813. The van der Waals surface area contributed by atoms with Gasteiger partial charge in [-0.1, -0.05) is 6.07 Å². The van der Waals surface area contributed by atoms with Gasteiger partial charge in [-0.2, -0.15) is 0 Å². The molecule has 1 unspecified atom stereocenters. The summed E-state index contributed by atoms with van der Waals surface area (Å²) >= 11 is 0. The zero-order valence-electron chi connectivity index (χ0n) is 11.1. The maximum absolute atomic E-state index is 11.1. The van der Waals surface area contributed by atoms with Crippen molar-refractivity contribution in [3.05, 3.63) is 23.9 Å². The Bertz CT molecular complexity index is 469. The number of aromatic nitrogens is 1. The van der Waals surface area contributed by atoms with E-state index in [0.29, 0.717) is 6.54 Å². The van der Waals surface area contributed by atoms with Gasteiger partial charge in [-0.3, -0.25) is 0 Å². The van der Waals surface area contributed by atoms with Crippen LogP contribution in [0.2, 0.25) is 0 Å². The number of hydrogen-bond donors (Lipinski definition) is 1. The Hall–Kier alpha value is -1.14. The van der Waals surface area contributed by atoms with E-state index in [9.17, 15) is 8.42 Å². The van der Waals surface area contributed by atoms with Gasteiger partial charge in [-0.15, -0.1) is 0 Å². The molecule has 2 N–H and O–H groups in total. The molecule has 102 valence electrons. The summed E-state index contributed by atoms with van der Waals surface area (Å²) < 4.78 is 22.2. The highest BCUT2D eigenvalue weighted by atomic mass is 32.2. The third-order valence-electron chi connectivity index (χ3n) is 2.56. The van der Waals surface area contributed by atoms with Gasteiger partial charge < -0.3 is 10.6 Å². The molecule has 0 saturated carbocycles. The Kier molecular flexibility index (Phi) is 5.10. The van der Waals surface area contributed by atoms with Crippen molar-refractivity contribution < 1.29 is 8.42 Å². The second-order valence-electron chi connectivity index (χ2n) is 4.76. The number of rotatable bonds is 6. The van der Waals surface area contributed by atoms with Crippen molar-refractivity contribution in [1.82, 2.24) is 4.98 Å². The molecule has 1 aromatic rings. The third kappa shape index (κ3) is 5.46. The normalized spacial score (nSPS) is 13.3. The minimum atomic E-state index is -2.94. The molecule has 0 bridgehead atoms. The van der Waals surface area contributed by atoms with E-state index < -0.39 is 9.84 Å². The van der Waals surface area contributed by atoms with Crippen molar-refractivity contribution in [2.75, 3.05) is 30.5 Å². The molecule has 0 saturated heterocycles. The molecule has 0 amide bonds. The standard InChI is InChI=1S/C12H21N3O2S/c1-10(13)8-11-4-5-12(14-9-11)15(2)6-7-18(3,16)17/h4-5,9-10H,6-8,13H2,1-3H3. The predicted molar refractivity (Wildman–Crippen MR) is 74.6 cm³/mol. The van der Waals surface area contributed by atoms with Crippen LogP contribution in [0.25, 0.3) is 0 Å². The fraction of sp³-hybridized carbons (Fsp3) is 0.583. The van der Waals surface area contributed by atoms with Crippen LogP contribution in [-0.2, 0) is 16.3 Å². The Morgan fingerprint density at radius 2 is 2.11 bits per heavy atom. The van der Waals surface area contributed by atoms with Gasteiger partial charge in [-0.05, 0) is 25.0 Å². The SMILES string of the molecule is CC(N)Cc1ccc(N(C)CCS(C)(=O)=O)nc1. The van der Waals surface area contributed by atoms with Gasteiger partial charge >= 0.3 is 0 Å². The minimum absolute atomic E-state index is 0.112. The van der Waals surface area contributed by atoms with Crippen LogP contribution in [0, 0.1) is 0 Å². The summed E-state index contributed by atoms with van der Waals surface area (Å²) in [5.41, 5.74) is 6.80. The monoisotopic (exact) mass is 271 g/mol. The van der Waals surface area contributed by atoms with Crippen molar-refractivity contribution in [3.63, 3.8) is 0 Å². The first-order valence-corrected chi connectivity index (χ1v) is 7.93. The zero-order valence-corrected chi connectivity index (χ0v) is 11.9. The lowest BCUT2D eigenvalue weighted by atomic mass is 10.1. The summed E-state index contributed by atoms with van der Waals surface area (Å²) in [7, 11) is -1.11. The van der Waals surface area contributed by atoms with Gasteiger partial charge in [0.2, 0.25) is 0 Å². The van der Waals surface area contributed by atoms with Crippen molar-refractivity contribution in [2.24, 2.45) is 5.73 Å². The van der Waals surface area contributed by atoms with Crippen molar-refractivity contribution in [2.45, 2.75) is 19.4 Å². The number of nitrogens with zero attached hydrogens (tertiary/aromatic N) is 2. The molecule has 1 aromatic heterocycles. The van der Waals surface area contributed by atoms with Crippen LogP contribution in [-0.4, -0.2) is 45.0 Å². The van der Waals surface area contributed by atoms with Crippen molar-refractivity contribution in [1.29, 1.82) is 0 Å². The summed E-state index contributed by atoms with van der Waals surface area (Å²) in [6.45, 7) is 2.39. The number of anilines is 1. The Balaban J connectivity index is 2.61. The lowest BCUT2D eigenvalue weighted by Crippen LogP contribution is -2.25. The molecule has 18 heavy (non-hydrogen) atoms. The zero-order chi connectivity index (χ0) is 13.8. The Morgan fingerprint density at radius 1 is 1.44 bits per heavy atom. The van der Waals surface area contributed by atoms with Crippen molar-refractivity contribution >= 4 is 15.7 Å². The number of nitrogens with two attached hydrogens (primary N) is 1. The molecule has 6 heteroatoms. The van der Waals surface area contributed by atoms with Crippen LogP contribution in [0.15, 0.2) is 18.3 Å². The van der Waals surface area contributed by atoms with Gasteiger partial charge in [-0.25, -0.2) is 13.4 Å². The van der Waals surface area contributed by atoms with Gasteiger partial charge in [0, 0.05) is 32.1 Å². The van der Waals surface area contributed by atoms with Crippen LogP contribution >= 0.6 is 0 Å². The van der Waals surface area contributed by atoms with Crippen LogP contribution in [0.3, 0.4) is 0 Å². The molecule has 0 radical (unpaired) electrons. The fourth-order valence-corrected chi connectivity index (χ4v) is 2.16. The Labute approximate surface area is 109 Å². The second kappa shape index (κ2) is 6.15. The molecule has 1 rings (SSSR count). The second-order valence-corrected chi connectivity index (χ2v) is 7.02. The average Bonchev–Trinajstić information content (AvgIpc) is 2.25. The molecule has 0 aromatic carbocycles. The van der Waals surface area contributed by atoms with E-state index in [-0.39, 0.29) is 11.8 Å². The molecule has 0 spiro atoms. The molecule has 1 atom stereocenters. The number of pyridine rings is 1. The third-order valence-corrected chi connectivity index (χ3v) is 3.48. The highest BCUT2D eigenvalue weighted by Gasteiger charge is 2.07. The maximum atomic E-state index is 11.1. The van der Waals surface area contributed by atoms with Crippen LogP contribution in [0.5, 0.6) is 0 Å². The first kappa shape index (κ1) is 14.9. The van der Waals surface area contributed by atoms with Crippen LogP contribution in [0.1, 0.15) is 12.5 Å². The molecular formula is C12H21N3O2S. The molecule has 0 aliphatic heterocycles.